The first kappa shape index (κ1) is 20.2. The average Bonchev–Trinajstić information content (AvgIpc) is 3.26. The predicted octanol–water partition coefficient (Wildman–Crippen LogP) is 5.30. The van der Waals surface area contributed by atoms with Gasteiger partial charge in [0.05, 0.1) is 5.39 Å². The lowest BCUT2D eigenvalue weighted by molar-refractivity contribution is 0.0257. The summed E-state index contributed by atoms with van der Waals surface area (Å²) in [4.78, 5) is 23.0. The lowest BCUT2D eigenvalue weighted by Gasteiger charge is -2.32. The Kier molecular flexibility index (Phi) is 5.32. The number of hydrogen-bond acceptors (Lipinski definition) is 4. The van der Waals surface area contributed by atoms with Gasteiger partial charge in [-0.25, -0.2) is 14.8 Å². The van der Waals surface area contributed by atoms with Crippen LogP contribution in [-0.4, -0.2) is 44.2 Å². The lowest BCUT2D eigenvalue weighted by Crippen LogP contribution is -2.40. The number of carbonyl (C=O) groups is 1. The van der Waals surface area contributed by atoms with Gasteiger partial charge in [-0.05, 0) is 64.9 Å². The fourth-order valence-electron chi connectivity index (χ4n) is 4.60. The quantitative estimate of drug-likeness (QED) is 0.492. The zero-order valence-corrected chi connectivity index (χ0v) is 18.4. The molecule has 0 spiro atoms. The van der Waals surface area contributed by atoms with E-state index in [1.54, 1.807) is 0 Å². The molecule has 7 heteroatoms. The van der Waals surface area contributed by atoms with Crippen molar-refractivity contribution < 1.29 is 9.53 Å². The second-order valence-electron chi connectivity index (χ2n) is 9.22. The SMILES string of the molecule is Cc1cn(C2CCC(C3=CCCN(C(=O)OC(C)(C)C)C3)C2)c2ncnc(Cl)c12. The van der Waals surface area contributed by atoms with Gasteiger partial charge in [0.15, 0.2) is 0 Å². The molecule has 1 aliphatic heterocycles. The van der Waals surface area contributed by atoms with Crippen LogP contribution in [0.2, 0.25) is 5.15 Å². The van der Waals surface area contributed by atoms with Crippen molar-refractivity contribution in [3.8, 4) is 0 Å². The van der Waals surface area contributed by atoms with Gasteiger partial charge >= 0.3 is 6.09 Å². The molecule has 6 nitrogen and oxygen atoms in total. The molecule has 1 saturated carbocycles. The molecule has 2 aromatic heterocycles. The van der Waals surface area contributed by atoms with Crippen LogP contribution in [0, 0.1) is 12.8 Å². The standard InChI is InChI=1S/C22H29ClN4O2/c1-14-11-27(20-18(14)19(23)24-13-25-20)17-8-7-15(10-17)16-6-5-9-26(12-16)21(28)29-22(2,3)4/h6,11,13,15,17H,5,7-10,12H2,1-4H3. The number of halogens is 1. The maximum absolute atomic E-state index is 12.5. The van der Waals surface area contributed by atoms with Crippen LogP contribution in [0.5, 0.6) is 0 Å². The Morgan fingerprint density at radius 2 is 2.07 bits per heavy atom. The number of ether oxygens (including phenoxy) is 1. The van der Waals surface area contributed by atoms with E-state index in [1.807, 2.05) is 25.7 Å². The van der Waals surface area contributed by atoms with Gasteiger partial charge in [0.2, 0.25) is 0 Å². The summed E-state index contributed by atoms with van der Waals surface area (Å²) in [6, 6.07) is 0.389. The Morgan fingerprint density at radius 1 is 1.28 bits per heavy atom. The van der Waals surface area contributed by atoms with E-state index in [9.17, 15) is 4.79 Å². The molecule has 0 N–H and O–H groups in total. The molecule has 1 amide bonds. The zero-order chi connectivity index (χ0) is 20.8. The second kappa shape index (κ2) is 7.63. The number of amides is 1. The van der Waals surface area contributed by atoms with Gasteiger partial charge in [-0.1, -0.05) is 23.3 Å². The van der Waals surface area contributed by atoms with Crippen LogP contribution >= 0.6 is 11.6 Å². The van der Waals surface area contributed by atoms with E-state index in [0.717, 1.165) is 48.8 Å². The summed E-state index contributed by atoms with van der Waals surface area (Å²) in [5, 5.41) is 1.47. The minimum Gasteiger partial charge on any atom is -0.444 e. The fraction of sp³-hybridized carbons (Fsp3) is 0.591. The third-order valence-corrected chi connectivity index (χ3v) is 6.19. The highest BCUT2D eigenvalue weighted by Gasteiger charge is 2.33. The molecular weight excluding hydrogens is 388 g/mol. The lowest BCUT2D eigenvalue weighted by atomic mass is 9.93. The molecule has 0 bridgehead atoms. The zero-order valence-electron chi connectivity index (χ0n) is 17.6. The van der Waals surface area contributed by atoms with E-state index in [2.05, 4.69) is 33.7 Å². The summed E-state index contributed by atoms with van der Waals surface area (Å²) in [7, 11) is 0. The Bertz CT molecular complexity index is 960. The summed E-state index contributed by atoms with van der Waals surface area (Å²) < 4.78 is 7.84. The predicted molar refractivity (Wildman–Crippen MR) is 114 cm³/mol. The van der Waals surface area contributed by atoms with Crippen molar-refractivity contribution in [2.45, 2.75) is 65.0 Å². The van der Waals surface area contributed by atoms with Crippen molar-refractivity contribution in [2.24, 2.45) is 5.92 Å². The van der Waals surface area contributed by atoms with Crippen molar-refractivity contribution in [2.75, 3.05) is 13.1 Å². The first-order valence-electron chi connectivity index (χ1n) is 10.4. The number of carbonyl (C=O) groups excluding carboxylic acids is 1. The number of aromatic nitrogens is 3. The molecule has 0 saturated heterocycles. The van der Waals surface area contributed by atoms with Crippen LogP contribution in [0.3, 0.4) is 0 Å². The molecule has 2 unspecified atom stereocenters. The first-order chi connectivity index (χ1) is 13.7. The normalized spacial score (nSPS) is 22.8. The Labute approximate surface area is 176 Å². The van der Waals surface area contributed by atoms with E-state index in [4.69, 9.17) is 16.3 Å². The van der Waals surface area contributed by atoms with E-state index in [0.29, 0.717) is 23.7 Å². The highest BCUT2D eigenvalue weighted by Crippen LogP contribution is 2.42. The molecule has 3 heterocycles. The van der Waals surface area contributed by atoms with E-state index < -0.39 is 5.60 Å². The maximum Gasteiger partial charge on any atom is 0.410 e. The Hall–Kier alpha value is -2.08. The van der Waals surface area contributed by atoms with Gasteiger partial charge in [-0.2, -0.15) is 0 Å². The van der Waals surface area contributed by atoms with Gasteiger partial charge in [0.25, 0.3) is 0 Å². The number of nitrogens with zero attached hydrogens (tertiary/aromatic N) is 4. The molecule has 1 aliphatic carbocycles. The van der Waals surface area contributed by atoms with Crippen LogP contribution < -0.4 is 0 Å². The van der Waals surface area contributed by atoms with Gasteiger partial charge < -0.3 is 14.2 Å². The molecule has 29 heavy (non-hydrogen) atoms. The molecule has 156 valence electrons. The summed E-state index contributed by atoms with van der Waals surface area (Å²) in [5.74, 6) is 0.486. The van der Waals surface area contributed by atoms with Crippen LogP contribution in [0.25, 0.3) is 11.0 Å². The van der Waals surface area contributed by atoms with Crippen molar-refractivity contribution >= 4 is 28.7 Å². The van der Waals surface area contributed by atoms with Crippen LogP contribution in [-0.2, 0) is 4.74 Å². The van der Waals surface area contributed by atoms with Gasteiger partial charge in [0, 0.05) is 25.3 Å². The van der Waals surface area contributed by atoms with Gasteiger partial charge in [-0.3, -0.25) is 0 Å². The third-order valence-electron chi connectivity index (χ3n) is 5.91. The molecule has 0 radical (unpaired) electrons. The Balaban J connectivity index is 1.47. The second-order valence-corrected chi connectivity index (χ2v) is 9.57. The van der Waals surface area contributed by atoms with Crippen molar-refractivity contribution in [3.05, 3.63) is 34.9 Å². The van der Waals surface area contributed by atoms with Crippen molar-refractivity contribution in [3.63, 3.8) is 0 Å². The highest BCUT2D eigenvalue weighted by molar-refractivity contribution is 6.34. The number of fused-ring (bicyclic) bond motifs is 1. The number of rotatable bonds is 2. The van der Waals surface area contributed by atoms with Crippen LogP contribution in [0.15, 0.2) is 24.2 Å². The minimum absolute atomic E-state index is 0.212. The first-order valence-corrected chi connectivity index (χ1v) is 10.7. The van der Waals surface area contributed by atoms with Gasteiger partial charge in [-0.15, -0.1) is 0 Å². The number of aryl methyl sites for hydroxylation is 1. The molecule has 4 rings (SSSR count). The fourth-order valence-corrected chi connectivity index (χ4v) is 4.88. The van der Waals surface area contributed by atoms with E-state index in [-0.39, 0.29) is 6.09 Å². The highest BCUT2D eigenvalue weighted by atomic mass is 35.5. The van der Waals surface area contributed by atoms with E-state index in [1.165, 1.54) is 11.9 Å². The van der Waals surface area contributed by atoms with Crippen LogP contribution in [0.1, 0.15) is 58.1 Å². The van der Waals surface area contributed by atoms with Gasteiger partial charge in [0.1, 0.15) is 22.7 Å². The summed E-state index contributed by atoms with van der Waals surface area (Å²) >= 11 is 6.30. The third kappa shape index (κ3) is 4.13. The summed E-state index contributed by atoms with van der Waals surface area (Å²) in [6.45, 7) is 9.19. The molecule has 0 aromatic carbocycles. The maximum atomic E-state index is 12.5. The summed E-state index contributed by atoms with van der Waals surface area (Å²) in [6.07, 6.45) is 9.97. The molecule has 2 aromatic rings. The Morgan fingerprint density at radius 3 is 2.83 bits per heavy atom. The number of hydrogen-bond donors (Lipinski definition) is 0. The smallest absolute Gasteiger partial charge is 0.410 e. The topological polar surface area (TPSA) is 60.2 Å². The largest absolute Gasteiger partial charge is 0.444 e. The van der Waals surface area contributed by atoms with Crippen molar-refractivity contribution in [1.82, 2.24) is 19.4 Å². The molecule has 2 atom stereocenters. The average molecular weight is 417 g/mol. The van der Waals surface area contributed by atoms with Crippen molar-refractivity contribution in [1.29, 1.82) is 0 Å². The molecular formula is C22H29ClN4O2. The molecule has 1 fully saturated rings. The monoisotopic (exact) mass is 416 g/mol. The minimum atomic E-state index is -0.465. The van der Waals surface area contributed by atoms with E-state index >= 15 is 0 Å². The van der Waals surface area contributed by atoms with Crippen LogP contribution in [0.4, 0.5) is 4.79 Å². The summed E-state index contributed by atoms with van der Waals surface area (Å²) in [5.41, 5.74) is 2.93. The molecule has 2 aliphatic rings.